The van der Waals surface area contributed by atoms with Crippen molar-refractivity contribution in [2.45, 2.75) is 0 Å². The Hall–Kier alpha value is -5.74. The van der Waals surface area contributed by atoms with Crippen LogP contribution in [0, 0.1) is 0 Å². The van der Waals surface area contributed by atoms with Gasteiger partial charge in [0.25, 0.3) is 0 Å². The standard InChI is InChI=1S/C38H23N3O/c1-2-10-24(11-3-1)25-18-20-26(21-19-25)37-39-35-30-15-7-9-17-34(30)42-36(35)38(40-37)41-32-16-8-6-14-29(32)31-22-27-12-4-5-13-28(27)23-33(31)41/h1-23H. The third kappa shape index (κ3) is 3.42. The molecule has 4 heteroatoms. The summed E-state index contributed by atoms with van der Waals surface area (Å²) < 4.78 is 8.76. The highest BCUT2D eigenvalue weighted by Gasteiger charge is 2.22. The van der Waals surface area contributed by atoms with Gasteiger partial charge < -0.3 is 4.42 Å². The van der Waals surface area contributed by atoms with Crippen molar-refractivity contribution in [2.75, 3.05) is 0 Å². The number of para-hydroxylation sites is 2. The lowest BCUT2D eigenvalue weighted by atomic mass is 10.0. The van der Waals surface area contributed by atoms with Gasteiger partial charge in [0.1, 0.15) is 11.1 Å². The molecule has 6 aromatic carbocycles. The second kappa shape index (κ2) is 8.88. The minimum absolute atomic E-state index is 0.662. The molecule has 0 fully saturated rings. The van der Waals surface area contributed by atoms with Gasteiger partial charge in [-0.1, -0.05) is 109 Å². The second-order valence-corrected chi connectivity index (χ2v) is 10.7. The van der Waals surface area contributed by atoms with E-state index in [1.54, 1.807) is 0 Å². The molecule has 0 N–H and O–H groups in total. The van der Waals surface area contributed by atoms with Crippen LogP contribution in [-0.4, -0.2) is 14.5 Å². The summed E-state index contributed by atoms with van der Waals surface area (Å²) in [5.74, 6) is 1.40. The molecule has 196 valence electrons. The van der Waals surface area contributed by atoms with Crippen molar-refractivity contribution in [2.24, 2.45) is 0 Å². The van der Waals surface area contributed by atoms with Crippen LogP contribution in [0.2, 0.25) is 0 Å². The van der Waals surface area contributed by atoms with Gasteiger partial charge in [0.2, 0.25) is 0 Å². The molecule has 0 spiro atoms. The fraction of sp³-hybridized carbons (Fsp3) is 0. The monoisotopic (exact) mass is 537 g/mol. The molecule has 3 aromatic heterocycles. The lowest BCUT2D eigenvalue weighted by Gasteiger charge is -2.11. The first-order valence-electron chi connectivity index (χ1n) is 14.1. The van der Waals surface area contributed by atoms with E-state index in [4.69, 9.17) is 14.4 Å². The molecule has 0 unspecified atom stereocenters. The van der Waals surface area contributed by atoms with Crippen molar-refractivity contribution in [1.29, 1.82) is 0 Å². The van der Waals surface area contributed by atoms with Crippen LogP contribution in [0.1, 0.15) is 0 Å². The number of rotatable bonds is 3. The third-order valence-electron chi connectivity index (χ3n) is 8.20. The van der Waals surface area contributed by atoms with E-state index >= 15 is 0 Å². The van der Waals surface area contributed by atoms with Crippen LogP contribution in [0.25, 0.3) is 83.0 Å². The highest BCUT2D eigenvalue weighted by atomic mass is 16.3. The molecular weight excluding hydrogens is 514 g/mol. The van der Waals surface area contributed by atoms with Gasteiger partial charge in [-0.15, -0.1) is 0 Å². The Morgan fingerprint density at radius 2 is 1.12 bits per heavy atom. The normalized spacial score (nSPS) is 11.8. The zero-order valence-corrected chi connectivity index (χ0v) is 22.5. The molecule has 0 radical (unpaired) electrons. The molecule has 9 rings (SSSR count). The molecule has 0 aliphatic rings. The Morgan fingerprint density at radius 3 is 1.95 bits per heavy atom. The fourth-order valence-corrected chi connectivity index (χ4v) is 6.18. The summed E-state index contributed by atoms with van der Waals surface area (Å²) >= 11 is 0. The maximum absolute atomic E-state index is 6.51. The molecule has 9 aromatic rings. The summed E-state index contributed by atoms with van der Waals surface area (Å²) in [6, 6.07) is 48.5. The van der Waals surface area contributed by atoms with Crippen LogP contribution in [0.4, 0.5) is 0 Å². The van der Waals surface area contributed by atoms with E-state index in [0.29, 0.717) is 11.4 Å². The SMILES string of the molecule is c1ccc(-c2ccc(-c3nc(-n4c5ccccc5c5cc6ccccc6cc54)c4oc5ccccc5c4n3)cc2)cc1. The van der Waals surface area contributed by atoms with E-state index in [2.05, 4.69) is 120 Å². The van der Waals surface area contributed by atoms with Gasteiger partial charge in [0, 0.05) is 21.7 Å². The van der Waals surface area contributed by atoms with E-state index < -0.39 is 0 Å². The Kier molecular flexibility index (Phi) is 4.87. The van der Waals surface area contributed by atoms with Crippen LogP contribution in [0.15, 0.2) is 144 Å². The van der Waals surface area contributed by atoms with Gasteiger partial charge in [-0.3, -0.25) is 4.57 Å². The number of benzene rings is 6. The largest absolute Gasteiger partial charge is 0.450 e. The first-order chi connectivity index (χ1) is 20.8. The van der Waals surface area contributed by atoms with Crippen LogP contribution < -0.4 is 0 Å². The topological polar surface area (TPSA) is 43.9 Å². The minimum atomic E-state index is 0.662. The maximum Gasteiger partial charge on any atom is 0.197 e. The average molecular weight is 538 g/mol. The summed E-state index contributed by atoms with van der Waals surface area (Å²) in [5, 5.41) is 5.73. The zero-order chi connectivity index (χ0) is 27.6. The quantitative estimate of drug-likeness (QED) is 0.225. The molecule has 4 nitrogen and oxygen atoms in total. The number of hydrogen-bond donors (Lipinski definition) is 0. The zero-order valence-electron chi connectivity index (χ0n) is 22.5. The lowest BCUT2D eigenvalue weighted by molar-refractivity contribution is 0.662. The van der Waals surface area contributed by atoms with Gasteiger partial charge in [-0.05, 0) is 52.2 Å². The fourth-order valence-electron chi connectivity index (χ4n) is 6.18. The van der Waals surface area contributed by atoms with Crippen LogP contribution in [0.5, 0.6) is 0 Å². The van der Waals surface area contributed by atoms with E-state index in [1.165, 1.54) is 27.1 Å². The second-order valence-electron chi connectivity index (χ2n) is 10.7. The molecule has 3 heterocycles. The summed E-state index contributed by atoms with van der Waals surface area (Å²) in [7, 11) is 0. The molecule has 42 heavy (non-hydrogen) atoms. The Morgan fingerprint density at radius 1 is 0.476 bits per heavy atom. The predicted molar refractivity (Wildman–Crippen MR) is 172 cm³/mol. The number of aromatic nitrogens is 3. The summed E-state index contributed by atoms with van der Waals surface area (Å²) in [5.41, 5.74) is 7.73. The van der Waals surface area contributed by atoms with Crippen LogP contribution in [-0.2, 0) is 0 Å². The third-order valence-corrected chi connectivity index (χ3v) is 8.20. The molecular formula is C38H23N3O. The van der Waals surface area contributed by atoms with Crippen molar-refractivity contribution in [1.82, 2.24) is 14.5 Å². The molecule has 0 bridgehead atoms. The first-order valence-corrected chi connectivity index (χ1v) is 14.1. The van der Waals surface area contributed by atoms with E-state index in [-0.39, 0.29) is 0 Å². The van der Waals surface area contributed by atoms with Crippen molar-refractivity contribution in [3.8, 4) is 28.3 Å². The number of nitrogens with zero attached hydrogens (tertiary/aromatic N) is 3. The van der Waals surface area contributed by atoms with E-state index in [1.807, 2.05) is 24.3 Å². The van der Waals surface area contributed by atoms with Gasteiger partial charge >= 0.3 is 0 Å². The van der Waals surface area contributed by atoms with Crippen molar-refractivity contribution in [3.63, 3.8) is 0 Å². The summed E-state index contributed by atoms with van der Waals surface area (Å²) in [6.07, 6.45) is 0. The summed E-state index contributed by atoms with van der Waals surface area (Å²) in [6.45, 7) is 0. The predicted octanol–water partition coefficient (Wildman–Crippen LogP) is 9.96. The molecule has 0 saturated heterocycles. The number of hydrogen-bond acceptors (Lipinski definition) is 3. The van der Waals surface area contributed by atoms with Crippen molar-refractivity contribution < 1.29 is 4.42 Å². The lowest BCUT2D eigenvalue weighted by Crippen LogP contribution is -2.01. The van der Waals surface area contributed by atoms with Crippen LogP contribution >= 0.6 is 0 Å². The van der Waals surface area contributed by atoms with Crippen molar-refractivity contribution >= 4 is 54.6 Å². The number of fused-ring (bicyclic) bond motifs is 7. The number of furan rings is 1. The Labute approximate surface area is 241 Å². The molecule has 0 amide bonds. The van der Waals surface area contributed by atoms with E-state index in [9.17, 15) is 0 Å². The maximum atomic E-state index is 6.51. The van der Waals surface area contributed by atoms with Gasteiger partial charge in [-0.2, -0.15) is 0 Å². The van der Waals surface area contributed by atoms with Gasteiger partial charge in [0.05, 0.1) is 11.0 Å². The minimum Gasteiger partial charge on any atom is -0.450 e. The first kappa shape index (κ1) is 23.0. The molecule has 0 aliphatic carbocycles. The highest BCUT2D eigenvalue weighted by Crippen LogP contribution is 2.39. The van der Waals surface area contributed by atoms with E-state index in [0.717, 1.165) is 44.5 Å². The average Bonchev–Trinajstić information content (AvgIpc) is 3.59. The molecule has 0 saturated carbocycles. The van der Waals surface area contributed by atoms with Gasteiger partial charge in [0.15, 0.2) is 17.2 Å². The molecule has 0 atom stereocenters. The summed E-state index contributed by atoms with van der Waals surface area (Å²) in [4.78, 5) is 10.3. The Bertz CT molecular complexity index is 2450. The molecule has 0 aliphatic heterocycles. The van der Waals surface area contributed by atoms with Crippen molar-refractivity contribution in [3.05, 3.63) is 140 Å². The van der Waals surface area contributed by atoms with Gasteiger partial charge in [-0.25, -0.2) is 9.97 Å². The highest BCUT2D eigenvalue weighted by molar-refractivity contribution is 6.15. The smallest absolute Gasteiger partial charge is 0.197 e. The Balaban J connectivity index is 1.36. The van der Waals surface area contributed by atoms with Crippen LogP contribution in [0.3, 0.4) is 0 Å².